The van der Waals surface area contributed by atoms with E-state index in [0.717, 1.165) is 5.17 Å². The topological polar surface area (TPSA) is 50.5 Å². The first-order valence-corrected chi connectivity index (χ1v) is 3.15. The maximum atomic E-state index is 11.6. The highest BCUT2D eigenvalue weighted by molar-refractivity contribution is 5.85. The van der Waals surface area contributed by atoms with Gasteiger partial charge in [-0.15, -0.1) is 12.4 Å². The van der Waals surface area contributed by atoms with E-state index in [-0.39, 0.29) is 19.0 Å². The van der Waals surface area contributed by atoms with E-state index < -0.39 is 12.8 Å². The standard InChI is InChI=1S/C5H8F3N3O.ClH/c6-5(7,8)3-12-11-2-4(9)1-10-11;/h1,10H,2-3,9H2;1H. The molecule has 13 heavy (non-hydrogen) atoms. The Labute approximate surface area is 78.8 Å². The molecular weight excluding hydrogens is 211 g/mol. The number of nitrogens with two attached hydrogens (primary N) is 1. The van der Waals surface area contributed by atoms with Crippen molar-refractivity contribution in [3.8, 4) is 0 Å². The lowest BCUT2D eigenvalue weighted by Gasteiger charge is -2.16. The van der Waals surface area contributed by atoms with Crippen LogP contribution in [0.15, 0.2) is 11.9 Å². The Morgan fingerprint density at radius 3 is 2.62 bits per heavy atom. The molecule has 3 N–H and O–H groups in total. The molecule has 0 spiro atoms. The van der Waals surface area contributed by atoms with Gasteiger partial charge >= 0.3 is 6.18 Å². The number of alkyl halides is 3. The molecule has 0 aromatic rings. The summed E-state index contributed by atoms with van der Waals surface area (Å²) in [5.74, 6) is 0. The van der Waals surface area contributed by atoms with Gasteiger partial charge in [0.05, 0.1) is 6.54 Å². The number of halogens is 4. The average Bonchev–Trinajstić information content (AvgIpc) is 2.30. The summed E-state index contributed by atoms with van der Waals surface area (Å²) in [5.41, 5.74) is 8.09. The van der Waals surface area contributed by atoms with Crippen molar-refractivity contribution in [3.05, 3.63) is 11.9 Å². The minimum Gasteiger partial charge on any atom is -0.400 e. The summed E-state index contributed by atoms with van der Waals surface area (Å²) < 4.78 is 34.7. The molecular formula is C5H9ClF3N3O. The smallest absolute Gasteiger partial charge is 0.400 e. The lowest BCUT2D eigenvalue weighted by molar-refractivity contribution is -0.259. The highest BCUT2D eigenvalue weighted by atomic mass is 35.5. The Balaban J connectivity index is 0.00000144. The first kappa shape index (κ1) is 12.3. The van der Waals surface area contributed by atoms with E-state index in [2.05, 4.69) is 10.3 Å². The van der Waals surface area contributed by atoms with Gasteiger partial charge in [-0.3, -0.25) is 4.84 Å². The highest BCUT2D eigenvalue weighted by Gasteiger charge is 2.29. The largest absolute Gasteiger partial charge is 0.413 e. The second-order valence-corrected chi connectivity index (χ2v) is 2.27. The molecule has 1 heterocycles. The van der Waals surface area contributed by atoms with Crippen LogP contribution >= 0.6 is 12.4 Å². The fourth-order valence-electron chi connectivity index (χ4n) is 0.646. The minimum atomic E-state index is -4.32. The van der Waals surface area contributed by atoms with Crippen LogP contribution in [0.1, 0.15) is 0 Å². The maximum Gasteiger partial charge on any atom is 0.413 e. The van der Waals surface area contributed by atoms with Gasteiger partial charge in [-0.2, -0.15) is 13.2 Å². The second-order valence-electron chi connectivity index (χ2n) is 2.27. The zero-order valence-corrected chi connectivity index (χ0v) is 7.28. The van der Waals surface area contributed by atoms with Crippen LogP contribution < -0.4 is 11.2 Å². The lowest BCUT2D eigenvalue weighted by Crippen LogP contribution is -2.34. The first-order valence-electron chi connectivity index (χ1n) is 3.15. The number of hydrogen-bond donors (Lipinski definition) is 2. The van der Waals surface area contributed by atoms with E-state index in [9.17, 15) is 13.2 Å². The van der Waals surface area contributed by atoms with Crippen LogP contribution in [0, 0.1) is 0 Å². The van der Waals surface area contributed by atoms with Crippen molar-refractivity contribution in [1.82, 2.24) is 10.6 Å². The molecule has 0 aliphatic carbocycles. The quantitative estimate of drug-likeness (QED) is 0.711. The maximum absolute atomic E-state index is 11.6. The lowest BCUT2D eigenvalue weighted by atomic mass is 10.5. The Morgan fingerprint density at radius 2 is 2.23 bits per heavy atom. The fraction of sp³-hybridized carbons (Fsp3) is 0.600. The zero-order chi connectivity index (χ0) is 9.19. The van der Waals surface area contributed by atoms with Crippen LogP contribution in [-0.4, -0.2) is 24.5 Å². The van der Waals surface area contributed by atoms with Gasteiger partial charge < -0.3 is 11.2 Å². The predicted molar refractivity (Wildman–Crippen MR) is 41.4 cm³/mol. The summed E-state index contributed by atoms with van der Waals surface area (Å²) in [4.78, 5) is 4.30. The third kappa shape index (κ3) is 4.81. The van der Waals surface area contributed by atoms with Gasteiger partial charge in [0.1, 0.15) is 0 Å². The molecule has 0 saturated carbocycles. The van der Waals surface area contributed by atoms with E-state index in [0.29, 0.717) is 5.70 Å². The Hall–Kier alpha value is -0.660. The molecule has 1 aliphatic rings. The molecule has 0 atom stereocenters. The monoisotopic (exact) mass is 219 g/mol. The molecule has 0 aromatic carbocycles. The van der Waals surface area contributed by atoms with Gasteiger partial charge in [-0.05, 0) is 0 Å². The number of rotatable bonds is 2. The SMILES string of the molecule is Cl.NC1=CNN(OCC(F)(F)F)C1. The molecule has 1 aliphatic heterocycles. The zero-order valence-electron chi connectivity index (χ0n) is 6.47. The Morgan fingerprint density at radius 1 is 1.62 bits per heavy atom. The van der Waals surface area contributed by atoms with E-state index in [1.54, 1.807) is 0 Å². The molecule has 0 aromatic heterocycles. The van der Waals surface area contributed by atoms with Crippen molar-refractivity contribution < 1.29 is 18.0 Å². The van der Waals surface area contributed by atoms with Gasteiger partial charge in [-0.25, -0.2) is 0 Å². The van der Waals surface area contributed by atoms with Crippen molar-refractivity contribution in [2.24, 2.45) is 5.73 Å². The summed E-state index contributed by atoms with van der Waals surface area (Å²) >= 11 is 0. The summed E-state index contributed by atoms with van der Waals surface area (Å²) in [6.45, 7) is -1.18. The normalized spacial score (nSPS) is 17.6. The Bertz CT molecular complexity index is 196. The number of hydrogen-bond acceptors (Lipinski definition) is 4. The highest BCUT2D eigenvalue weighted by Crippen LogP contribution is 2.15. The summed E-state index contributed by atoms with van der Waals surface area (Å²) in [6.07, 6.45) is -2.95. The summed E-state index contributed by atoms with van der Waals surface area (Å²) in [6, 6.07) is 0. The third-order valence-corrected chi connectivity index (χ3v) is 1.10. The molecule has 0 radical (unpaired) electrons. The van der Waals surface area contributed by atoms with Crippen molar-refractivity contribution in [2.75, 3.05) is 13.2 Å². The Kier molecular flexibility index (Phi) is 4.31. The molecule has 0 amide bonds. The summed E-state index contributed by atoms with van der Waals surface area (Å²) in [7, 11) is 0. The molecule has 4 nitrogen and oxygen atoms in total. The van der Waals surface area contributed by atoms with Crippen LogP contribution in [-0.2, 0) is 4.84 Å². The van der Waals surface area contributed by atoms with E-state index >= 15 is 0 Å². The number of hydrazine groups is 1. The third-order valence-electron chi connectivity index (χ3n) is 1.10. The molecule has 0 unspecified atom stereocenters. The van der Waals surface area contributed by atoms with E-state index in [1.807, 2.05) is 0 Å². The molecule has 8 heteroatoms. The van der Waals surface area contributed by atoms with E-state index in [4.69, 9.17) is 5.73 Å². The van der Waals surface area contributed by atoms with Crippen molar-refractivity contribution in [1.29, 1.82) is 0 Å². The van der Waals surface area contributed by atoms with Crippen LogP contribution in [0.5, 0.6) is 0 Å². The second kappa shape index (κ2) is 4.54. The fourth-order valence-corrected chi connectivity index (χ4v) is 0.646. The van der Waals surface area contributed by atoms with Crippen LogP contribution in [0.4, 0.5) is 13.2 Å². The van der Waals surface area contributed by atoms with Gasteiger partial charge in [0.2, 0.25) is 0 Å². The van der Waals surface area contributed by atoms with Crippen molar-refractivity contribution in [3.63, 3.8) is 0 Å². The van der Waals surface area contributed by atoms with Gasteiger partial charge in [-0.1, -0.05) is 5.17 Å². The van der Waals surface area contributed by atoms with Crippen LogP contribution in [0.2, 0.25) is 0 Å². The predicted octanol–water partition coefficient (Wildman–Crippen LogP) is 0.522. The van der Waals surface area contributed by atoms with Crippen LogP contribution in [0.25, 0.3) is 0 Å². The average molecular weight is 220 g/mol. The molecule has 0 saturated heterocycles. The molecule has 1 rings (SSSR count). The minimum absolute atomic E-state index is 0. The number of hydroxylamine groups is 1. The van der Waals surface area contributed by atoms with Gasteiger partial charge in [0, 0.05) is 11.9 Å². The van der Waals surface area contributed by atoms with Crippen LogP contribution in [0.3, 0.4) is 0 Å². The van der Waals surface area contributed by atoms with Gasteiger partial charge in [0.25, 0.3) is 0 Å². The molecule has 78 valence electrons. The first-order chi connectivity index (χ1) is 5.47. The van der Waals surface area contributed by atoms with Crippen molar-refractivity contribution in [2.45, 2.75) is 6.18 Å². The van der Waals surface area contributed by atoms with E-state index in [1.165, 1.54) is 6.20 Å². The number of nitrogens with one attached hydrogen (secondary N) is 1. The summed E-state index contributed by atoms with van der Waals surface area (Å²) in [5, 5.41) is 0.919. The molecule has 0 fully saturated rings. The van der Waals surface area contributed by atoms with Crippen molar-refractivity contribution >= 4 is 12.4 Å². The molecule has 0 bridgehead atoms. The number of nitrogens with zero attached hydrogens (tertiary/aromatic N) is 1. The van der Waals surface area contributed by atoms with Gasteiger partial charge in [0.15, 0.2) is 6.61 Å².